The predicted octanol–water partition coefficient (Wildman–Crippen LogP) is 5.59. The Bertz CT molecular complexity index is 947. The number of amides is 1. The van der Waals surface area contributed by atoms with E-state index >= 15 is 0 Å². The van der Waals surface area contributed by atoms with Gasteiger partial charge in [-0.3, -0.25) is 4.79 Å². The quantitative estimate of drug-likeness (QED) is 0.596. The maximum Gasteiger partial charge on any atom is 0.262 e. The van der Waals surface area contributed by atoms with Gasteiger partial charge >= 0.3 is 0 Å². The van der Waals surface area contributed by atoms with E-state index in [1.165, 1.54) is 19.3 Å². The minimum Gasteiger partial charge on any atom is -0.493 e. The highest BCUT2D eigenvalue weighted by molar-refractivity contribution is 8.05. The Hall–Kier alpha value is -2.60. The molecule has 1 aliphatic carbocycles. The van der Waals surface area contributed by atoms with Gasteiger partial charge < -0.3 is 19.7 Å². The third-order valence-electron chi connectivity index (χ3n) is 6.13. The first-order valence-corrected chi connectivity index (χ1v) is 11.7. The zero-order valence-corrected chi connectivity index (χ0v) is 19.2. The number of hydrogen-bond acceptors (Lipinski definition) is 5. The van der Waals surface area contributed by atoms with Crippen LogP contribution in [0.5, 0.6) is 11.5 Å². The van der Waals surface area contributed by atoms with Gasteiger partial charge in [0.15, 0.2) is 17.0 Å². The van der Waals surface area contributed by atoms with Crippen molar-refractivity contribution in [2.75, 3.05) is 19.5 Å². The van der Waals surface area contributed by atoms with E-state index in [9.17, 15) is 4.79 Å². The van der Waals surface area contributed by atoms with Crippen LogP contribution in [0.4, 0.5) is 5.69 Å². The second-order valence-corrected chi connectivity index (χ2v) is 9.27. The number of carbonyl (C=O) groups excluding carboxylic acids is 1. The van der Waals surface area contributed by atoms with Gasteiger partial charge in [0.1, 0.15) is 0 Å². The number of para-hydroxylation sites is 1. The van der Waals surface area contributed by atoms with Crippen molar-refractivity contribution < 1.29 is 14.3 Å². The lowest BCUT2D eigenvalue weighted by Gasteiger charge is -2.39. The average molecular weight is 439 g/mol. The van der Waals surface area contributed by atoms with Gasteiger partial charge in [-0.25, -0.2) is 0 Å². The van der Waals surface area contributed by atoms with Gasteiger partial charge in [-0.1, -0.05) is 55.8 Å². The van der Waals surface area contributed by atoms with E-state index in [1.54, 1.807) is 26.0 Å². The first kappa shape index (κ1) is 21.6. The molecule has 4 rings (SSSR count). The number of hydrogen-bond donors (Lipinski definition) is 1. The molecule has 0 bridgehead atoms. The van der Waals surface area contributed by atoms with Crippen LogP contribution in [0.2, 0.25) is 0 Å². The van der Waals surface area contributed by atoms with Crippen LogP contribution in [0.25, 0.3) is 6.08 Å². The highest BCUT2D eigenvalue weighted by Gasteiger charge is 2.42. The molecule has 1 unspecified atom stereocenters. The fourth-order valence-corrected chi connectivity index (χ4v) is 5.67. The molecule has 2 aromatic rings. The van der Waals surface area contributed by atoms with Crippen molar-refractivity contribution >= 4 is 29.4 Å². The molecule has 1 amide bonds. The molecule has 3 atom stereocenters. The SMILES string of the molecule is COc1ccc(/C=C2\SC(Nc3ccccc3)N([C@@H]3CCCC[C@H]3C)C2=O)cc1OC. The number of rotatable bonds is 6. The molecule has 31 heavy (non-hydrogen) atoms. The minimum atomic E-state index is -0.119. The van der Waals surface area contributed by atoms with Crippen molar-refractivity contribution in [3.05, 3.63) is 59.0 Å². The minimum absolute atomic E-state index is 0.104. The second-order valence-electron chi connectivity index (χ2n) is 8.15. The van der Waals surface area contributed by atoms with Gasteiger partial charge in [0, 0.05) is 11.7 Å². The number of anilines is 1. The zero-order valence-electron chi connectivity index (χ0n) is 18.3. The summed E-state index contributed by atoms with van der Waals surface area (Å²) in [5, 5.41) is 3.58. The third kappa shape index (κ3) is 4.69. The number of carbonyl (C=O) groups is 1. The second kappa shape index (κ2) is 9.69. The predicted molar refractivity (Wildman–Crippen MR) is 127 cm³/mol. The van der Waals surface area contributed by atoms with Gasteiger partial charge in [0.05, 0.1) is 19.1 Å². The van der Waals surface area contributed by atoms with Crippen LogP contribution < -0.4 is 14.8 Å². The summed E-state index contributed by atoms with van der Waals surface area (Å²) < 4.78 is 10.8. The van der Waals surface area contributed by atoms with Crippen LogP contribution in [0, 0.1) is 5.92 Å². The van der Waals surface area contributed by atoms with Crippen LogP contribution in [0.3, 0.4) is 0 Å². The highest BCUT2D eigenvalue weighted by Crippen LogP contribution is 2.42. The van der Waals surface area contributed by atoms with Gasteiger partial charge in [-0.05, 0) is 54.7 Å². The van der Waals surface area contributed by atoms with Gasteiger partial charge in [-0.2, -0.15) is 0 Å². The fraction of sp³-hybridized carbons (Fsp3) is 0.400. The molecule has 0 radical (unpaired) electrons. The smallest absolute Gasteiger partial charge is 0.262 e. The molecule has 164 valence electrons. The van der Waals surface area contributed by atoms with Gasteiger partial charge in [0.25, 0.3) is 5.91 Å². The molecule has 0 spiro atoms. The average Bonchev–Trinajstić information content (AvgIpc) is 3.09. The molecular weight excluding hydrogens is 408 g/mol. The zero-order chi connectivity index (χ0) is 21.8. The Balaban J connectivity index is 1.65. The summed E-state index contributed by atoms with van der Waals surface area (Å²) in [6, 6.07) is 16.1. The molecule has 2 aliphatic rings. The fourth-order valence-electron chi connectivity index (χ4n) is 4.46. The summed E-state index contributed by atoms with van der Waals surface area (Å²) in [5.74, 6) is 1.94. The van der Waals surface area contributed by atoms with Crippen molar-refractivity contribution in [1.82, 2.24) is 4.90 Å². The van der Waals surface area contributed by atoms with Crippen LogP contribution in [0.1, 0.15) is 38.2 Å². The maximum atomic E-state index is 13.6. The molecule has 1 N–H and O–H groups in total. The topological polar surface area (TPSA) is 50.8 Å². The summed E-state index contributed by atoms with van der Waals surface area (Å²) in [7, 11) is 3.24. The summed E-state index contributed by atoms with van der Waals surface area (Å²) in [4.78, 5) is 16.4. The number of benzene rings is 2. The Labute approximate surface area is 188 Å². The molecule has 2 fully saturated rings. The van der Waals surface area contributed by atoms with Crippen molar-refractivity contribution in [2.45, 2.75) is 44.1 Å². The van der Waals surface area contributed by atoms with Crippen molar-refractivity contribution in [2.24, 2.45) is 5.92 Å². The lowest BCUT2D eigenvalue weighted by molar-refractivity contribution is -0.129. The standard InChI is InChI=1S/C25H30N2O3S/c1-17-9-7-8-12-20(17)27-24(28)23(31-25(27)26-19-10-5-4-6-11-19)16-18-13-14-21(29-2)22(15-18)30-3/h4-6,10-11,13-17,20,25-26H,7-9,12H2,1-3H3/b23-16-/t17-,20-,25?/m1/s1. The first-order chi connectivity index (χ1) is 15.1. The maximum absolute atomic E-state index is 13.6. The Morgan fingerprint density at radius 3 is 2.48 bits per heavy atom. The molecule has 1 aliphatic heterocycles. The summed E-state index contributed by atoms with van der Waals surface area (Å²) in [5.41, 5.74) is 1.82. The molecule has 2 aromatic carbocycles. The molecule has 1 saturated carbocycles. The molecule has 1 heterocycles. The summed E-state index contributed by atoms with van der Waals surface area (Å²) in [6.45, 7) is 2.28. The van der Waals surface area contributed by atoms with E-state index in [1.807, 2.05) is 54.6 Å². The van der Waals surface area contributed by atoms with Gasteiger partial charge in [-0.15, -0.1) is 0 Å². The van der Waals surface area contributed by atoms with Crippen LogP contribution in [-0.2, 0) is 4.79 Å². The lowest BCUT2D eigenvalue weighted by Crippen LogP contribution is -2.48. The van der Waals surface area contributed by atoms with Crippen LogP contribution in [-0.4, -0.2) is 36.6 Å². The largest absolute Gasteiger partial charge is 0.493 e. The number of thioether (sulfide) groups is 1. The van der Waals surface area contributed by atoms with Gasteiger partial charge in [0.2, 0.25) is 0 Å². The number of nitrogens with zero attached hydrogens (tertiary/aromatic N) is 1. The van der Waals surface area contributed by atoms with E-state index in [-0.39, 0.29) is 17.4 Å². The van der Waals surface area contributed by atoms with E-state index < -0.39 is 0 Å². The highest BCUT2D eigenvalue weighted by atomic mass is 32.2. The molecule has 5 nitrogen and oxygen atoms in total. The molecular formula is C25H30N2O3S. The molecule has 6 heteroatoms. The number of methoxy groups -OCH3 is 2. The Morgan fingerprint density at radius 1 is 1.03 bits per heavy atom. The van der Waals surface area contributed by atoms with Crippen molar-refractivity contribution in [3.63, 3.8) is 0 Å². The van der Waals surface area contributed by atoms with E-state index in [0.717, 1.165) is 22.6 Å². The van der Waals surface area contributed by atoms with Crippen molar-refractivity contribution in [1.29, 1.82) is 0 Å². The first-order valence-electron chi connectivity index (χ1n) is 10.9. The van der Waals surface area contributed by atoms with E-state index in [4.69, 9.17) is 9.47 Å². The Morgan fingerprint density at radius 2 is 1.77 bits per heavy atom. The normalized spacial score (nSPS) is 25.0. The van der Waals surface area contributed by atoms with Crippen LogP contribution in [0.15, 0.2) is 53.4 Å². The van der Waals surface area contributed by atoms with E-state index in [2.05, 4.69) is 17.1 Å². The van der Waals surface area contributed by atoms with Crippen molar-refractivity contribution in [3.8, 4) is 11.5 Å². The summed E-state index contributed by atoms with van der Waals surface area (Å²) >= 11 is 1.59. The molecule has 0 aromatic heterocycles. The third-order valence-corrected chi connectivity index (χ3v) is 7.24. The monoisotopic (exact) mass is 438 g/mol. The molecule has 1 saturated heterocycles. The number of nitrogens with one attached hydrogen (secondary N) is 1. The van der Waals surface area contributed by atoms with Crippen LogP contribution >= 0.6 is 11.8 Å². The summed E-state index contributed by atoms with van der Waals surface area (Å²) in [6.07, 6.45) is 6.62. The Kier molecular flexibility index (Phi) is 6.76. The lowest BCUT2D eigenvalue weighted by atomic mass is 9.85. The van der Waals surface area contributed by atoms with E-state index in [0.29, 0.717) is 17.4 Å². The number of ether oxygens (including phenoxy) is 2.